The number of nitrogens with zero attached hydrogens (tertiary/aromatic N) is 2. The van der Waals surface area contributed by atoms with E-state index in [0.29, 0.717) is 40.7 Å². The largest absolute Gasteiger partial charge is 0.495 e. The molecule has 1 heterocycles. The molecule has 9 nitrogen and oxygen atoms in total. The molecular weight excluding hydrogens is 550 g/mol. The lowest BCUT2D eigenvalue weighted by atomic mass is 10.1. The Kier molecular flexibility index (Phi) is 8.31. The second-order valence-electron chi connectivity index (χ2n) is 8.87. The number of carbonyl (C=O) groups is 1. The maximum Gasteiger partial charge on any atom is 0.255 e. The lowest BCUT2D eigenvalue weighted by Crippen LogP contribution is -2.29. The van der Waals surface area contributed by atoms with Crippen molar-refractivity contribution in [2.45, 2.75) is 24.3 Å². The predicted molar refractivity (Wildman–Crippen MR) is 148 cm³/mol. The predicted octanol–water partition coefficient (Wildman–Crippen LogP) is 4.35. The first kappa shape index (κ1) is 27.9. The monoisotopic (exact) mass is 577 g/mol. The van der Waals surface area contributed by atoms with Gasteiger partial charge in [0.2, 0.25) is 20.0 Å². The summed E-state index contributed by atoms with van der Waals surface area (Å²) < 4.78 is 58.8. The third-order valence-electron chi connectivity index (χ3n) is 6.16. The summed E-state index contributed by atoms with van der Waals surface area (Å²) in [7, 11) is -5.85. The Bertz CT molecular complexity index is 1540. The van der Waals surface area contributed by atoms with Crippen molar-refractivity contribution >= 4 is 48.9 Å². The van der Waals surface area contributed by atoms with Gasteiger partial charge in [-0.15, -0.1) is 0 Å². The normalized spacial score (nSPS) is 14.3. The standard InChI is InChI=1S/C26H28ClN3O6S2/c1-36-25-13-12-23(38(34,35)29-14-3-4-15-29)17-24(25)28-26(31)20-10-8-19(9-11-20)18-30(37(2,32)33)22-7-5-6-21(27)16-22/h5-13,16-17H,3-4,14-15,18H2,1-2H3,(H,28,31). The van der Waals surface area contributed by atoms with Crippen LogP contribution in [-0.2, 0) is 26.6 Å². The number of sulfonamides is 2. The quantitative estimate of drug-likeness (QED) is 0.404. The van der Waals surface area contributed by atoms with Crippen molar-refractivity contribution in [3.63, 3.8) is 0 Å². The molecule has 1 amide bonds. The van der Waals surface area contributed by atoms with Crippen LogP contribution < -0.4 is 14.4 Å². The van der Waals surface area contributed by atoms with E-state index in [4.69, 9.17) is 16.3 Å². The molecular formula is C26H28ClN3O6S2. The molecule has 1 N–H and O–H groups in total. The highest BCUT2D eigenvalue weighted by Gasteiger charge is 2.28. The summed E-state index contributed by atoms with van der Waals surface area (Å²) >= 11 is 6.04. The minimum Gasteiger partial charge on any atom is -0.495 e. The van der Waals surface area contributed by atoms with E-state index in [-0.39, 0.29) is 17.1 Å². The Morgan fingerprint density at radius 2 is 1.68 bits per heavy atom. The van der Waals surface area contributed by atoms with Gasteiger partial charge in [-0.3, -0.25) is 9.10 Å². The van der Waals surface area contributed by atoms with Gasteiger partial charge in [-0.2, -0.15) is 4.31 Å². The molecule has 4 rings (SSSR count). The summed E-state index contributed by atoms with van der Waals surface area (Å²) in [5.74, 6) is -0.152. The lowest BCUT2D eigenvalue weighted by Gasteiger charge is -2.23. The number of methoxy groups -OCH3 is 1. The van der Waals surface area contributed by atoms with Crippen molar-refractivity contribution in [1.82, 2.24) is 4.31 Å². The van der Waals surface area contributed by atoms with Gasteiger partial charge in [0.15, 0.2) is 0 Å². The molecule has 202 valence electrons. The average molecular weight is 578 g/mol. The average Bonchev–Trinajstić information content (AvgIpc) is 3.43. The van der Waals surface area contributed by atoms with Gasteiger partial charge in [0.05, 0.1) is 36.2 Å². The number of amides is 1. The van der Waals surface area contributed by atoms with E-state index < -0.39 is 26.0 Å². The molecule has 0 radical (unpaired) electrons. The van der Waals surface area contributed by atoms with Gasteiger partial charge in [-0.25, -0.2) is 16.8 Å². The Hall–Kier alpha value is -3.12. The lowest BCUT2D eigenvalue weighted by molar-refractivity contribution is 0.102. The van der Waals surface area contributed by atoms with Crippen LogP contribution in [0.4, 0.5) is 11.4 Å². The molecule has 38 heavy (non-hydrogen) atoms. The molecule has 3 aromatic carbocycles. The molecule has 3 aromatic rings. The van der Waals surface area contributed by atoms with E-state index in [1.54, 1.807) is 48.5 Å². The zero-order valence-electron chi connectivity index (χ0n) is 20.9. The number of hydrogen-bond donors (Lipinski definition) is 1. The van der Waals surface area contributed by atoms with E-state index in [1.807, 2.05) is 0 Å². The first-order chi connectivity index (χ1) is 18.0. The van der Waals surface area contributed by atoms with Gasteiger partial charge in [0, 0.05) is 23.7 Å². The SMILES string of the molecule is COc1ccc(S(=O)(=O)N2CCCC2)cc1NC(=O)c1ccc(CN(c2cccc(Cl)c2)S(C)(=O)=O)cc1. The molecule has 1 aliphatic rings. The van der Waals surface area contributed by atoms with E-state index in [9.17, 15) is 21.6 Å². The number of nitrogens with one attached hydrogen (secondary N) is 1. The second kappa shape index (κ2) is 11.3. The fraction of sp³-hybridized carbons (Fsp3) is 0.269. The molecule has 12 heteroatoms. The van der Waals surface area contributed by atoms with Crippen molar-refractivity contribution in [3.05, 3.63) is 82.9 Å². The highest BCUT2D eigenvalue weighted by molar-refractivity contribution is 7.92. The first-order valence-corrected chi connectivity index (χ1v) is 15.5. The second-order valence-corrected chi connectivity index (χ2v) is 13.2. The number of carbonyl (C=O) groups excluding carboxylic acids is 1. The molecule has 0 spiro atoms. The Labute approximate surface area is 228 Å². The summed E-state index contributed by atoms with van der Waals surface area (Å²) in [6.45, 7) is 0.984. The van der Waals surface area contributed by atoms with Crippen LogP contribution in [-0.4, -0.2) is 53.5 Å². The number of halogens is 1. The van der Waals surface area contributed by atoms with Crippen LogP contribution >= 0.6 is 11.6 Å². The van der Waals surface area contributed by atoms with Crippen LogP contribution in [0.1, 0.15) is 28.8 Å². The highest BCUT2D eigenvalue weighted by atomic mass is 35.5. The summed E-state index contributed by atoms with van der Waals surface area (Å²) in [6, 6.07) is 17.4. The van der Waals surface area contributed by atoms with Crippen LogP contribution in [0.2, 0.25) is 5.02 Å². The van der Waals surface area contributed by atoms with Crippen molar-refractivity contribution in [1.29, 1.82) is 0 Å². The Balaban J connectivity index is 1.53. The summed E-state index contributed by atoms with van der Waals surface area (Å²) in [5, 5.41) is 3.14. The number of benzene rings is 3. The third-order valence-corrected chi connectivity index (χ3v) is 9.43. The molecule has 1 fully saturated rings. The molecule has 0 bridgehead atoms. The minimum absolute atomic E-state index is 0.0469. The minimum atomic E-state index is -3.68. The van der Waals surface area contributed by atoms with E-state index >= 15 is 0 Å². The van der Waals surface area contributed by atoms with Crippen molar-refractivity contribution in [2.24, 2.45) is 0 Å². The van der Waals surface area contributed by atoms with Crippen LogP contribution in [0.15, 0.2) is 71.6 Å². The van der Waals surface area contributed by atoms with E-state index in [0.717, 1.165) is 19.1 Å². The van der Waals surface area contributed by atoms with Crippen molar-refractivity contribution < 1.29 is 26.4 Å². The van der Waals surface area contributed by atoms with Crippen molar-refractivity contribution in [2.75, 3.05) is 36.1 Å². The maximum atomic E-state index is 13.0. The fourth-order valence-corrected chi connectivity index (χ4v) is 6.78. The molecule has 1 saturated heterocycles. The van der Waals surface area contributed by atoms with Crippen LogP contribution in [0.25, 0.3) is 0 Å². The zero-order chi connectivity index (χ0) is 27.5. The van der Waals surface area contributed by atoms with Gasteiger partial charge >= 0.3 is 0 Å². The summed E-state index contributed by atoms with van der Waals surface area (Å²) in [5.41, 5.74) is 1.62. The third kappa shape index (κ3) is 6.29. The van der Waals surface area contributed by atoms with Gasteiger partial charge in [-0.1, -0.05) is 29.8 Å². The van der Waals surface area contributed by atoms with Gasteiger partial charge < -0.3 is 10.1 Å². The molecule has 0 atom stereocenters. The van der Waals surface area contributed by atoms with E-state index in [1.165, 1.54) is 33.9 Å². The maximum absolute atomic E-state index is 13.0. The zero-order valence-corrected chi connectivity index (χ0v) is 23.3. The van der Waals surface area contributed by atoms with E-state index in [2.05, 4.69) is 5.32 Å². The molecule has 1 aliphatic heterocycles. The van der Waals surface area contributed by atoms with Gasteiger partial charge in [0.1, 0.15) is 5.75 Å². The van der Waals surface area contributed by atoms with Crippen LogP contribution in [0.3, 0.4) is 0 Å². The van der Waals surface area contributed by atoms with Crippen molar-refractivity contribution in [3.8, 4) is 5.75 Å². The number of ether oxygens (including phenoxy) is 1. The Morgan fingerprint density at radius 1 is 1.00 bits per heavy atom. The number of hydrogen-bond acceptors (Lipinski definition) is 6. The molecule has 0 unspecified atom stereocenters. The molecule has 0 aromatic heterocycles. The molecule has 0 aliphatic carbocycles. The van der Waals surface area contributed by atoms with Gasteiger partial charge in [0.25, 0.3) is 5.91 Å². The van der Waals surface area contributed by atoms with Gasteiger partial charge in [-0.05, 0) is 66.9 Å². The molecule has 0 saturated carbocycles. The van der Waals surface area contributed by atoms with Crippen LogP contribution in [0.5, 0.6) is 5.75 Å². The fourth-order valence-electron chi connectivity index (χ4n) is 4.18. The number of anilines is 2. The Morgan fingerprint density at radius 3 is 2.29 bits per heavy atom. The van der Waals surface area contributed by atoms with Crippen LogP contribution in [0, 0.1) is 0 Å². The smallest absolute Gasteiger partial charge is 0.255 e. The number of rotatable bonds is 9. The topological polar surface area (TPSA) is 113 Å². The first-order valence-electron chi connectivity index (χ1n) is 11.8. The summed E-state index contributed by atoms with van der Waals surface area (Å²) in [4.78, 5) is 13.1. The summed E-state index contributed by atoms with van der Waals surface area (Å²) in [6.07, 6.45) is 2.74. The highest BCUT2D eigenvalue weighted by Crippen LogP contribution is 2.31.